The highest BCUT2D eigenvalue weighted by Crippen LogP contribution is 1.98. The van der Waals surface area contributed by atoms with E-state index in [-0.39, 0.29) is 6.61 Å². The summed E-state index contributed by atoms with van der Waals surface area (Å²) in [7, 11) is 0. The Morgan fingerprint density at radius 2 is 1.75 bits per heavy atom. The summed E-state index contributed by atoms with van der Waals surface area (Å²) in [5, 5.41) is 7.57. The monoisotopic (exact) mass is 168 g/mol. The molecule has 68 valence electrons. The van der Waals surface area contributed by atoms with E-state index in [4.69, 9.17) is 5.11 Å². The Balaban J connectivity index is 0.000000354. The smallest absolute Gasteiger partial charge is 0.0588 e. The molecule has 0 amide bonds. The number of aryl methyl sites for hydroxylation is 3. The normalized spacial score (nSPS) is 8.75. The molecule has 3 nitrogen and oxygen atoms in total. The molecule has 0 aliphatic heterocycles. The van der Waals surface area contributed by atoms with Gasteiger partial charge in [-0.25, -0.2) is 0 Å². The first-order valence-corrected chi connectivity index (χ1v) is 3.99. The van der Waals surface area contributed by atoms with Crippen LogP contribution in [-0.2, 0) is 0 Å². The SMILES string of the molecule is CCO.Cc1cnc(C)c(C)n1. The summed E-state index contributed by atoms with van der Waals surface area (Å²) in [4.78, 5) is 8.33. The maximum Gasteiger partial charge on any atom is 0.0588 e. The van der Waals surface area contributed by atoms with Gasteiger partial charge in [-0.2, -0.15) is 0 Å². The Hall–Kier alpha value is -0.960. The number of aliphatic hydroxyl groups excluding tert-OH is 1. The number of rotatable bonds is 0. The van der Waals surface area contributed by atoms with Crippen LogP contribution in [-0.4, -0.2) is 21.7 Å². The summed E-state index contributed by atoms with van der Waals surface area (Å²) in [6, 6.07) is 0. The van der Waals surface area contributed by atoms with E-state index < -0.39 is 0 Å². The molecule has 0 spiro atoms. The standard InChI is InChI=1S/C7H10N2.C2H6O/c1-5-4-8-6(2)7(3)9-5;1-2-3/h4H,1-3H3;3H,2H2,1H3. The van der Waals surface area contributed by atoms with Crippen LogP contribution in [0.3, 0.4) is 0 Å². The zero-order valence-corrected chi connectivity index (χ0v) is 8.13. The minimum Gasteiger partial charge on any atom is -0.397 e. The molecule has 12 heavy (non-hydrogen) atoms. The van der Waals surface area contributed by atoms with E-state index in [1.54, 1.807) is 13.1 Å². The average molecular weight is 168 g/mol. The lowest BCUT2D eigenvalue weighted by Crippen LogP contribution is -1.92. The summed E-state index contributed by atoms with van der Waals surface area (Å²) < 4.78 is 0. The molecule has 0 aliphatic rings. The molecule has 0 unspecified atom stereocenters. The van der Waals surface area contributed by atoms with Gasteiger partial charge in [0.1, 0.15) is 0 Å². The van der Waals surface area contributed by atoms with Crippen LogP contribution >= 0.6 is 0 Å². The third kappa shape index (κ3) is 4.03. The van der Waals surface area contributed by atoms with Gasteiger partial charge in [-0.15, -0.1) is 0 Å². The molecular weight excluding hydrogens is 152 g/mol. The number of aromatic nitrogens is 2. The molecule has 1 aromatic heterocycles. The molecule has 1 heterocycles. The van der Waals surface area contributed by atoms with Crippen LogP contribution in [0.15, 0.2) is 6.20 Å². The van der Waals surface area contributed by atoms with E-state index in [0.29, 0.717) is 0 Å². The molecule has 1 rings (SSSR count). The van der Waals surface area contributed by atoms with Gasteiger partial charge in [-0.05, 0) is 27.7 Å². The van der Waals surface area contributed by atoms with Crippen molar-refractivity contribution in [3.63, 3.8) is 0 Å². The molecule has 0 aromatic carbocycles. The second-order valence-electron chi connectivity index (χ2n) is 2.50. The van der Waals surface area contributed by atoms with Crippen LogP contribution in [0.5, 0.6) is 0 Å². The molecule has 0 fully saturated rings. The summed E-state index contributed by atoms with van der Waals surface area (Å²) in [6.07, 6.45) is 1.78. The molecule has 3 heteroatoms. The molecule has 1 aromatic rings. The molecule has 0 radical (unpaired) electrons. The Bertz CT molecular complexity index is 236. The van der Waals surface area contributed by atoms with E-state index in [1.165, 1.54) is 0 Å². The Kier molecular flexibility index (Phi) is 5.21. The second kappa shape index (κ2) is 5.66. The van der Waals surface area contributed by atoms with Crippen molar-refractivity contribution in [2.75, 3.05) is 6.61 Å². The van der Waals surface area contributed by atoms with Crippen molar-refractivity contribution >= 4 is 0 Å². The fraction of sp³-hybridized carbons (Fsp3) is 0.556. The average Bonchev–Trinajstić information content (AvgIpc) is 1.99. The molecule has 0 saturated carbocycles. The first-order chi connectivity index (χ1) is 5.61. The lowest BCUT2D eigenvalue weighted by Gasteiger charge is -1.96. The van der Waals surface area contributed by atoms with Crippen molar-refractivity contribution < 1.29 is 5.11 Å². The van der Waals surface area contributed by atoms with Gasteiger partial charge in [0.15, 0.2) is 0 Å². The molecular formula is C9H16N2O. The van der Waals surface area contributed by atoms with Gasteiger partial charge in [0, 0.05) is 12.8 Å². The minimum atomic E-state index is 0.250. The number of hydrogen-bond acceptors (Lipinski definition) is 3. The van der Waals surface area contributed by atoms with Crippen molar-refractivity contribution in [2.24, 2.45) is 0 Å². The molecule has 0 aliphatic carbocycles. The van der Waals surface area contributed by atoms with E-state index >= 15 is 0 Å². The molecule has 0 atom stereocenters. The number of nitrogens with zero attached hydrogens (tertiary/aromatic N) is 2. The fourth-order valence-corrected chi connectivity index (χ4v) is 0.658. The van der Waals surface area contributed by atoms with Gasteiger partial charge in [0.05, 0.1) is 17.1 Å². The van der Waals surface area contributed by atoms with E-state index in [9.17, 15) is 0 Å². The molecule has 0 saturated heterocycles. The van der Waals surface area contributed by atoms with Crippen LogP contribution < -0.4 is 0 Å². The predicted molar refractivity (Wildman–Crippen MR) is 49.0 cm³/mol. The van der Waals surface area contributed by atoms with Crippen molar-refractivity contribution in [1.29, 1.82) is 0 Å². The van der Waals surface area contributed by atoms with Crippen LogP contribution in [0.1, 0.15) is 24.0 Å². The topological polar surface area (TPSA) is 46.0 Å². The van der Waals surface area contributed by atoms with Crippen LogP contribution in [0.25, 0.3) is 0 Å². The van der Waals surface area contributed by atoms with Gasteiger partial charge < -0.3 is 5.11 Å². The lowest BCUT2D eigenvalue weighted by atomic mass is 10.3. The highest BCUT2D eigenvalue weighted by atomic mass is 16.2. The first kappa shape index (κ1) is 11.0. The Morgan fingerprint density at radius 1 is 1.25 bits per heavy atom. The summed E-state index contributed by atoms with van der Waals surface area (Å²) in [6.45, 7) is 7.80. The highest BCUT2D eigenvalue weighted by Gasteiger charge is 1.92. The highest BCUT2D eigenvalue weighted by molar-refractivity contribution is 5.09. The van der Waals surface area contributed by atoms with Crippen molar-refractivity contribution in [1.82, 2.24) is 9.97 Å². The van der Waals surface area contributed by atoms with Crippen LogP contribution in [0.2, 0.25) is 0 Å². The fourth-order valence-electron chi connectivity index (χ4n) is 0.658. The van der Waals surface area contributed by atoms with E-state index in [1.807, 2.05) is 20.8 Å². The van der Waals surface area contributed by atoms with Gasteiger partial charge in [-0.1, -0.05) is 0 Å². The van der Waals surface area contributed by atoms with Gasteiger partial charge >= 0.3 is 0 Å². The summed E-state index contributed by atoms with van der Waals surface area (Å²) in [5.41, 5.74) is 3.02. The predicted octanol–water partition coefficient (Wildman–Crippen LogP) is 1.40. The Morgan fingerprint density at radius 3 is 2.08 bits per heavy atom. The van der Waals surface area contributed by atoms with E-state index in [2.05, 4.69) is 9.97 Å². The summed E-state index contributed by atoms with van der Waals surface area (Å²) >= 11 is 0. The quantitative estimate of drug-likeness (QED) is 0.637. The molecule has 0 bridgehead atoms. The van der Waals surface area contributed by atoms with Crippen LogP contribution in [0.4, 0.5) is 0 Å². The Labute approximate surface area is 73.5 Å². The van der Waals surface area contributed by atoms with Crippen molar-refractivity contribution in [3.05, 3.63) is 23.3 Å². The van der Waals surface area contributed by atoms with Crippen molar-refractivity contribution in [3.8, 4) is 0 Å². The largest absolute Gasteiger partial charge is 0.397 e. The zero-order valence-electron chi connectivity index (χ0n) is 8.13. The van der Waals surface area contributed by atoms with Gasteiger partial charge in [0.25, 0.3) is 0 Å². The zero-order chi connectivity index (χ0) is 9.56. The second-order valence-corrected chi connectivity index (χ2v) is 2.50. The van der Waals surface area contributed by atoms with E-state index in [0.717, 1.165) is 17.1 Å². The number of aliphatic hydroxyl groups is 1. The van der Waals surface area contributed by atoms with Gasteiger partial charge in [0.2, 0.25) is 0 Å². The summed E-state index contributed by atoms with van der Waals surface area (Å²) in [5.74, 6) is 0. The van der Waals surface area contributed by atoms with Crippen LogP contribution in [0, 0.1) is 20.8 Å². The van der Waals surface area contributed by atoms with Crippen molar-refractivity contribution in [2.45, 2.75) is 27.7 Å². The third-order valence-corrected chi connectivity index (χ3v) is 1.31. The number of hydrogen-bond donors (Lipinski definition) is 1. The first-order valence-electron chi connectivity index (χ1n) is 3.99. The van der Waals surface area contributed by atoms with Gasteiger partial charge in [-0.3, -0.25) is 9.97 Å². The molecule has 1 N–H and O–H groups in total. The lowest BCUT2D eigenvalue weighted by molar-refractivity contribution is 0.318. The maximum absolute atomic E-state index is 7.57. The maximum atomic E-state index is 7.57. The third-order valence-electron chi connectivity index (χ3n) is 1.31. The minimum absolute atomic E-state index is 0.250.